The molecule has 1 aromatic carbocycles. The first-order chi connectivity index (χ1) is 13.3. The second kappa shape index (κ2) is 6.41. The van der Waals surface area contributed by atoms with E-state index in [4.69, 9.17) is 11.6 Å². The third kappa shape index (κ3) is 2.63. The molecule has 2 aromatic heterocycles. The second-order valence-corrected chi connectivity index (χ2v) is 6.88. The van der Waals surface area contributed by atoms with Gasteiger partial charge in [0.05, 0.1) is 11.7 Å². The van der Waals surface area contributed by atoms with E-state index in [-0.39, 0.29) is 10.9 Å². The van der Waals surface area contributed by atoms with Crippen LogP contribution in [0.5, 0.6) is 0 Å². The van der Waals surface area contributed by atoms with Crippen LogP contribution in [0.1, 0.15) is 19.4 Å². The van der Waals surface area contributed by atoms with Gasteiger partial charge in [-0.15, -0.1) is 0 Å². The first-order valence-electron chi connectivity index (χ1n) is 8.68. The Morgan fingerprint density at radius 2 is 1.89 bits per heavy atom. The van der Waals surface area contributed by atoms with Crippen molar-refractivity contribution in [3.63, 3.8) is 0 Å². The molecule has 0 aliphatic carbocycles. The maximum atomic E-state index is 13.8. The van der Waals surface area contributed by atoms with Gasteiger partial charge in [-0.3, -0.25) is 0 Å². The van der Waals surface area contributed by atoms with Gasteiger partial charge in [0.2, 0.25) is 5.79 Å². The van der Waals surface area contributed by atoms with Crippen LogP contribution in [0.15, 0.2) is 60.2 Å². The van der Waals surface area contributed by atoms with Crippen LogP contribution in [-0.2, 0) is 5.79 Å². The van der Waals surface area contributed by atoms with Gasteiger partial charge < -0.3 is 10.2 Å². The normalized spacial score (nSPS) is 20.1. The fraction of sp³-hybridized carbons (Fsp3) is 0.263. The van der Waals surface area contributed by atoms with E-state index in [1.807, 2.05) is 13.0 Å². The minimum absolute atomic E-state index is 0.0997. The Labute approximate surface area is 164 Å². The molecule has 1 unspecified atom stereocenters. The second-order valence-electron chi connectivity index (χ2n) is 6.49. The summed E-state index contributed by atoms with van der Waals surface area (Å²) in [7, 11) is 0. The number of fused-ring (bicyclic) bond motifs is 1. The van der Waals surface area contributed by atoms with Crippen molar-refractivity contribution >= 4 is 22.5 Å². The van der Waals surface area contributed by atoms with Gasteiger partial charge in [0.15, 0.2) is 0 Å². The number of aromatic nitrogens is 3. The number of hydrogen-bond acceptors (Lipinski definition) is 4. The standard InChI is InChI=1S/C19H17ClF3N5/c1-3-27-12(2)17(18(21,22)23)26-19(27,14-7-5-4-6-8-14)28-15-9-16(20)24-10-13(15)11-25-28/h4-11,26H,3H2,1-2H3. The highest BCUT2D eigenvalue weighted by Crippen LogP contribution is 2.43. The van der Waals surface area contributed by atoms with Crippen LogP contribution in [0.25, 0.3) is 10.9 Å². The maximum Gasteiger partial charge on any atom is 0.432 e. The molecule has 0 radical (unpaired) electrons. The zero-order valence-corrected chi connectivity index (χ0v) is 15.9. The predicted molar refractivity (Wildman–Crippen MR) is 100 cm³/mol. The number of allylic oxidation sites excluding steroid dienone is 2. The molecule has 0 saturated heterocycles. The number of nitrogens with one attached hydrogen (secondary N) is 1. The Hall–Kier alpha value is -2.74. The average molecular weight is 408 g/mol. The van der Waals surface area contributed by atoms with Crippen LogP contribution in [-0.4, -0.2) is 32.4 Å². The molecule has 28 heavy (non-hydrogen) atoms. The third-order valence-corrected chi connectivity index (χ3v) is 5.16. The molecule has 3 aromatic rings. The Kier molecular flexibility index (Phi) is 4.26. The number of hydrogen-bond donors (Lipinski definition) is 1. The van der Waals surface area contributed by atoms with Gasteiger partial charge in [-0.05, 0) is 13.8 Å². The molecule has 0 bridgehead atoms. The molecule has 146 valence electrons. The molecular formula is C19H17ClF3N5. The lowest BCUT2D eigenvalue weighted by Gasteiger charge is -2.41. The van der Waals surface area contributed by atoms with Crippen LogP contribution < -0.4 is 5.32 Å². The molecule has 0 fully saturated rings. The van der Waals surface area contributed by atoms with Gasteiger partial charge in [0.25, 0.3) is 0 Å². The lowest BCUT2D eigenvalue weighted by molar-refractivity contribution is -0.0991. The lowest BCUT2D eigenvalue weighted by atomic mass is 10.1. The Morgan fingerprint density at radius 3 is 2.54 bits per heavy atom. The van der Waals surface area contributed by atoms with E-state index in [2.05, 4.69) is 15.4 Å². The van der Waals surface area contributed by atoms with E-state index >= 15 is 0 Å². The van der Waals surface area contributed by atoms with Crippen LogP contribution >= 0.6 is 11.6 Å². The van der Waals surface area contributed by atoms with E-state index in [0.717, 1.165) is 0 Å². The molecule has 0 spiro atoms. The average Bonchev–Trinajstić information content (AvgIpc) is 3.21. The summed E-state index contributed by atoms with van der Waals surface area (Å²) in [5.74, 6) is -1.39. The van der Waals surface area contributed by atoms with Crippen molar-refractivity contribution in [1.29, 1.82) is 0 Å². The van der Waals surface area contributed by atoms with E-state index in [1.54, 1.807) is 47.6 Å². The van der Waals surface area contributed by atoms with E-state index < -0.39 is 17.7 Å². The zero-order chi connectivity index (χ0) is 20.1. The molecule has 5 nitrogen and oxygen atoms in total. The topological polar surface area (TPSA) is 46.0 Å². The number of halogens is 4. The fourth-order valence-corrected chi connectivity index (χ4v) is 3.95. The van der Waals surface area contributed by atoms with Crippen LogP contribution in [0, 0.1) is 0 Å². The number of pyridine rings is 1. The zero-order valence-electron chi connectivity index (χ0n) is 15.1. The van der Waals surface area contributed by atoms with Gasteiger partial charge in [-0.2, -0.15) is 18.3 Å². The summed E-state index contributed by atoms with van der Waals surface area (Å²) < 4.78 is 42.9. The Bertz CT molecular complexity index is 1060. The third-order valence-electron chi connectivity index (χ3n) is 4.96. The van der Waals surface area contributed by atoms with Crippen LogP contribution in [0.2, 0.25) is 5.15 Å². The van der Waals surface area contributed by atoms with Crippen molar-refractivity contribution in [3.05, 3.63) is 70.9 Å². The summed E-state index contributed by atoms with van der Waals surface area (Å²) in [6.07, 6.45) is -1.41. The smallest absolute Gasteiger partial charge is 0.335 e. The summed E-state index contributed by atoms with van der Waals surface area (Å²) in [5, 5.41) is 8.09. The summed E-state index contributed by atoms with van der Waals surface area (Å²) in [6.45, 7) is 3.60. The van der Waals surface area contributed by atoms with Crippen molar-refractivity contribution in [2.45, 2.75) is 25.8 Å². The summed E-state index contributed by atoms with van der Waals surface area (Å²) >= 11 is 6.07. The highest BCUT2D eigenvalue weighted by Gasteiger charge is 2.53. The van der Waals surface area contributed by atoms with E-state index in [0.29, 0.717) is 23.0 Å². The minimum atomic E-state index is -4.53. The Morgan fingerprint density at radius 1 is 1.18 bits per heavy atom. The predicted octanol–water partition coefficient (Wildman–Crippen LogP) is 4.46. The number of alkyl halides is 3. The molecule has 4 rings (SSSR count). The van der Waals surface area contributed by atoms with Crippen LogP contribution in [0.4, 0.5) is 13.2 Å². The number of nitrogens with zero attached hydrogens (tertiary/aromatic N) is 4. The van der Waals surface area contributed by atoms with Crippen LogP contribution in [0.3, 0.4) is 0 Å². The van der Waals surface area contributed by atoms with Gasteiger partial charge in [0.1, 0.15) is 10.9 Å². The molecule has 9 heteroatoms. The number of rotatable bonds is 3. The van der Waals surface area contributed by atoms with E-state index in [1.165, 1.54) is 11.6 Å². The van der Waals surface area contributed by atoms with Crippen molar-refractivity contribution in [1.82, 2.24) is 25.0 Å². The monoisotopic (exact) mass is 407 g/mol. The number of benzene rings is 1. The maximum absolute atomic E-state index is 13.8. The summed E-state index contributed by atoms with van der Waals surface area (Å²) in [5.41, 5.74) is 0.504. The largest absolute Gasteiger partial charge is 0.432 e. The first-order valence-corrected chi connectivity index (χ1v) is 9.06. The van der Waals surface area contributed by atoms with Crippen molar-refractivity contribution in [2.75, 3.05) is 6.54 Å². The van der Waals surface area contributed by atoms with Gasteiger partial charge >= 0.3 is 6.18 Å². The van der Waals surface area contributed by atoms with E-state index in [9.17, 15) is 13.2 Å². The van der Waals surface area contributed by atoms with Crippen molar-refractivity contribution in [3.8, 4) is 0 Å². The molecule has 0 saturated carbocycles. The SMILES string of the molecule is CCN1C(C)=C(C(F)(F)F)NC1(c1ccccc1)n1ncc2cnc(Cl)cc21. The minimum Gasteiger partial charge on any atom is -0.335 e. The van der Waals surface area contributed by atoms with Gasteiger partial charge in [-0.1, -0.05) is 41.9 Å². The molecule has 1 atom stereocenters. The molecule has 1 aliphatic heterocycles. The highest BCUT2D eigenvalue weighted by atomic mass is 35.5. The van der Waals surface area contributed by atoms with Gasteiger partial charge in [-0.25, -0.2) is 9.67 Å². The van der Waals surface area contributed by atoms with Gasteiger partial charge in [0, 0.05) is 35.5 Å². The molecular weight excluding hydrogens is 391 g/mol. The Balaban J connectivity index is 2.04. The van der Waals surface area contributed by atoms with Crippen molar-refractivity contribution in [2.24, 2.45) is 0 Å². The first kappa shape index (κ1) is 18.6. The summed E-state index contributed by atoms with van der Waals surface area (Å²) in [4.78, 5) is 5.70. The molecule has 0 amide bonds. The quantitative estimate of drug-likeness (QED) is 0.651. The summed E-state index contributed by atoms with van der Waals surface area (Å²) in [6, 6.07) is 10.5. The molecule has 1 N–H and O–H groups in total. The fourth-order valence-electron chi connectivity index (χ4n) is 3.79. The highest BCUT2D eigenvalue weighted by molar-refractivity contribution is 6.30. The lowest BCUT2D eigenvalue weighted by Crippen LogP contribution is -2.56. The molecule has 1 aliphatic rings. The van der Waals surface area contributed by atoms with Crippen molar-refractivity contribution < 1.29 is 13.2 Å². The molecule has 3 heterocycles.